The third-order valence-corrected chi connectivity index (χ3v) is 9.96. The first kappa shape index (κ1) is 27.4. The van der Waals surface area contributed by atoms with E-state index < -0.39 is 32.5 Å². The van der Waals surface area contributed by atoms with Gasteiger partial charge >= 0.3 is 5.91 Å². The van der Waals surface area contributed by atoms with Crippen molar-refractivity contribution in [2.45, 2.75) is 22.1 Å². The minimum atomic E-state index is -4.15. The molecule has 1 N–H and O–H groups in total. The van der Waals surface area contributed by atoms with Crippen molar-refractivity contribution in [3.05, 3.63) is 116 Å². The lowest BCUT2D eigenvalue weighted by Gasteiger charge is -2.23. The molecule has 0 bridgehead atoms. The molecule has 0 radical (unpaired) electrons. The Morgan fingerprint density at radius 3 is 2.38 bits per heavy atom. The van der Waals surface area contributed by atoms with Crippen LogP contribution in [0.15, 0.2) is 98.1 Å². The van der Waals surface area contributed by atoms with Crippen molar-refractivity contribution in [2.24, 2.45) is 0 Å². The third-order valence-electron chi connectivity index (χ3n) is 6.23. The number of amides is 1. The van der Waals surface area contributed by atoms with Crippen LogP contribution in [0.3, 0.4) is 0 Å². The molecule has 1 amide bonds. The van der Waals surface area contributed by atoms with Gasteiger partial charge < -0.3 is 5.11 Å². The second kappa shape index (κ2) is 10.4. The number of halogens is 1. The van der Waals surface area contributed by atoms with Gasteiger partial charge in [0.1, 0.15) is 9.97 Å². The van der Waals surface area contributed by atoms with E-state index in [0.29, 0.717) is 26.9 Å². The number of nitro benzene ring substituents is 1. The molecule has 2 heterocycles. The monoisotopic (exact) mass is 639 g/mol. The number of aromatic nitrogens is 1. The van der Waals surface area contributed by atoms with Gasteiger partial charge in [0.15, 0.2) is 5.13 Å². The predicted molar refractivity (Wildman–Crippen MR) is 151 cm³/mol. The highest BCUT2D eigenvalue weighted by atomic mass is 79.9. The van der Waals surface area contributed by atoms with E-state index in [4.69, 9.17) is 0 Å². The van der Waals surface area contributed by atoms with E-state index >= 15 is 0 Å². The molecule has 1 atom stereocenters. The molecule has 3 aromatic carbocycles. The standard InChI is InChI=1S/C27H18BrN3O7S2/c1-15-5-7-16(8-6-15)24(32)22-23(17-3-2-4-18(28)13-17)30(26(34)25(22)33)27-29-14-21(39-27)40(37,38)20-11-9-19(10-12-20)31(35)36/h2-14,23,32H,1H3. The van der Waals surface area contributed by atoms with E-state index in [0.717, 1.165) is 40.9 Å². The first-order valence-corrected chi connectivity index (χ1v) is 14.7. The smallest absolute Gasteiger partial charge is 0.301 e. The lowest BCUT2D eigenvalue weighted by Crippen LogP contribution is -2.29. The third kappa shape index (κ3) is 4.83. The maximum Gasteiger partial charge on any atom is 0.301 e. The van der Waals surface area contributed by atoms with E-state index in [1.165, 1.54) is 0 Å². The van der Waals surface area contributed by atoms with E-state index in [9.17, 15) is 33.2 Å². The van der Waals surface area contributed by atoms with Crippen LogP contribution in [0.4, 0.5) is 10.8 Å². The van der Waals surface area contributed by atoms with Crippen LogP contribution in [-0.2, 0) is 19.4 Å². The quantitative estimate of drug-likeness (QED) is 0.0945. The molecule has 40 heavy (non-hydrogen) atoms. The normalized spacial score (nSPS) is 16.9. The van der Waals surface area contributed by atoms with Gasteiger partial charge in [0, 0.05) is 22.2 Å². The molecule has 1 aromatic heterocycles. The molecule has 202 valence electrons. The molecule has 1 aliphatic rings. The number of Topliss-reactive ketones (excluding diaryl/α,β-unsaturated/α-hetero) is 1. The van der Waals surface area contributed by atoms with Crippen LogP contribution in [0, 0.1) is 17.0 Å². The molecule has 0 saturated carbocycles. The fraction of sp³-hybridized carbons (Fsp3) is 0.0741. The highest BCUT2D eigenvalue weighted by molar-refractivity contribution is 9.10. The molecule has 1 aliphatic heterocycles. The number of aliphatic hydroxyl groups excluding tert-OH is 1. The summed E-state index contributed by atoms with van der Waals surface area (Å²) in [6, 6.07) is 16.9. The second-order valence-electron chi connectivity index (χ2n) is 8.81. The molecule has 5 rings (SSSR count). The highest BCUT2D eigenvalue weighted by Gasteiger charge is 2.48. The molecule has 10 nitrogen and oxygen atoms in total. The topological polar surface area (TPSA) is 148 Å². The number of hydrogen-bond acceptors (Lipinski definition) is 9. The molecular formula is C27H18BrN3O7S2. The zero-order valence-corrected chi connectivity index (χ0v) is 23.7. The van der Waals surface area contributed by atoms with E-state index in [2.05, 4.69) is 20.9 Å². The van der Waals surface area contributed by atoms with Crippen LogP contribution < -0.4 is 4.90 Å². The number of anilines is 1. The van der Waals surface area contributed by atoms with Crippen molar-refractivity contribution >= 4 is 65.4 Å². The number of ketones is 1. The summed E-state index contributed by atoms with van der Waals surface area (Å²) in [4.78, 5) is 42.1. The predicted octanol–water partition coefficient (Wildman–Crippen LogP) is 5.58. The molecule has 1 fully saturated rings. The number of rotatable bonds is 6. The van der Waals surface area contributed by atoms with Gasteiger partial charge in [-0.2, -0.15) is 0 Å². The SMILES string of the molecule is Cc1ccc(C(O)=C2C(=O)C(=O)N(c3ncc(S(=O)(=O)c4ccc([N+](=O)[O-])cc4)s3)C2c2cccc(Br)c2)cc1. The van der Waals surface area contributed by atoms with E-state index in [-0.39, 0.29) is 31.3 Å². The number of non-ortho nitro benzene ring substituents is 1. The number of nitrogens with zero attached hydrogens (tertiary/aromatic N) is 3. The number of sulfone groups is 1. The van der Waals surface area contributed by atoms with Crippen molar-refractivity contribution in [1.82, 2.24) is 4.98 Å². The maximum absolute atomic E-state index is 13.4. The number of benzene rings is 3. The summed E-state index contributed by atoms with van der Waals surface area (Å²) in [5.74, 6) is -2.30. The van der Waals surface area contributed by atoms with Gasteiger partial charge in [0.2, 0.25) is 9.84 Å². The van der Waals surface area contributed by atoms with Crippen LogP contribution in [0.1, 0.15) is 22.7 Å². The highest BCUT2D eigenvalue weighted by Crippen LogP contribution is 2.44. The number of hydrogen-bond donors (Lipinski definition) is 1. The zero-order chi connectivity index (χ0) is 28.8. The van der Waals surface area contributed by atoms with E-state index in [1.54, 1.807) is 48.5 Å². The summed E-state index contributed by atoms with van der Waals surface area (Å²) in [7, 11) is -4.15. The van der Waals surface area contributed by atoms with Crippen LogP contribution in [0.2, 0.25) is 0 Å². The Kier molecular flexibility index (Phi) is 7.12. The number of nitro groups is 1. The fourth-order valence-electron chi connectivity index (χ4n) is 4.24. The minimum Gasteiger partial charge on any atom is -0.507 e. The summed E-state index contributed by atoms with van der Waals surface area (Å²) < 4.78 is 26.9. The largest absolute Gasteiger partial charge is 0.507 e. The number of thiazole rings is 1. The van der Waals surface area contributed by atoms with Gasteiger partial charge in [-0.15, -0.1) is 0 Å². The molecule has 13 heteroatoms. The zero-order valence-electron chi connectivity index (χ0n) is 20.5. The first-order chi connectivity index (χ1) is 19.0. The van der Waals surface area contributed by atoms with Gasteiger partial charge in [0.05, 0.1) is 27.6 Å². The summed E-state index contributed by atoms with van der Waals surface area (Å²) in [6.07, 6.45) is 1.06. The Morgan fingerprint density at radius 1 is 1.07 bits per heavy atom. The lowest BCUT2D eigenvalue weighted by molar-refractivity contribution is -0.384. The Balaban J connectivity index is 1.62. The Labute approximate surface area is 240 Å². The van der Waals surface area contributed by atoms with Crippen molar-refractivity contribution in [3.8, 4) is 0 Å². The van der Waals surface area contributed by atoms with Crippen LogP contribution >= 0.6 is 27.3 Å². The second-order valence-corrected chi connectivity index (χ2v) is 12.9. The van der Waals surface area contributed by atoms with Crippen LogP contribution in [-0.4, -0.2) is 35.1 Å². The van der Waals surface area contributed by atoms with Gasteiger partial charge in [0.25, 0.3) is 11.5 Å². The molecule has 0 spiro atoms. The summed E-state index contributed by atoms with van der Waals surface area (Å²) in [5, 5.41) is 22.1. The van der Waals surface area contributed by atoms with Gasteiger partial charge in [-0.25, -0.2) is 13.4 Å². The van der Waals surface area contributed by atoms with E-state index in [1.807, 2.05) is 6.92 Å². The molecular weight excluding hydrogens is 622 g/mol. The Morgan fingerprint density at radius 2 is 1.75 bits per heavy atom. The average Bonchev–Trinajstić information content (AvgIpc) is 3.52. The Bertz CT molecular complexity index is 1820. The lowest BCUT2D eigenvalue weighted by atomic mass is 9.95. The number of carbonyl (C=O) groups is 2. The molecule has 4 aromatic rings. The first-order valence-electron chi connectivity index (χ1n) is 11.6. The molecule has 1 unspecified atom stereocenters. The summed E-state index contributed by atoms with van der Waals surface area (Å²) in [5.41, 5.74) is 1.32. The molecule has 1 saturated heterocycles. The summed E-state index contributed by atoms with van der Waals surface area (Å²) >= 11 is 4.06. The van der Waals surface area contributed by atoms with Crippen molar-refractivity contribution in [1.29, 1.82) is 0 Å². The van der Waals surface area contributed by atoms with Gasteiger partial charge in [-0.05, 0) is 36.8 Å². The van der Waals surface area contributed by atoms with Crippen molar-refractivity contribution in [3.63, 3.8) is 0 Å². The fourth-order valence-corrected chi connectivity index (χ4v) is 7.20. The molecule has 0 aliphatic carbocycles. The van der Waals surface area contributed by atoms with Crippen LogP contribution in [0.5, 0.6) is 0 Å². The minimum absolute atomic E-state index is 0.0736. The van der Waals surface area contributed by atoms with Gasteiger partial charge in [-0.3, -0.25) is 24.6 Å². The number of aryl methyl sites for hydroxylation is 1. The maximum atomic E-state index is 13.4. The van der Waals surface area contributed by atoms with Crippen molar-refractivity contribution < 1.29 is 28.0 Å². The van der Waals surface area contributed by atoms with Gasteiger partial charge in [-0.1, -0.05) is 69.2 Å². The summed E-state index contributed by atoms with van der Waals surface area (Å²) in [6.45, 7) is 1.87. The average molecular weight is 640 g/mol. The Hall–Kier alpha value is -4.20. The van der Waals surface area contributed by atoms with Crippen molar-refractivity contribution in [2.75, 3.05) is 4.90 Å². The number of carbonyl (C=O) groups excluding carboxylic acids is 2. The van der Waals surface area contributed by atoms with Crippen LogP contribution in [0.25, 0.3) is 5.76 Å². The number of aliphatic hydroxyl groups is 1.